The van der Waals surface area contributed by atoms with Crippen molar-refractivity contribution in [1.29, 1.82) is 0 Å². The molecule has 2 unspecified atom stereocenters. The summed E-state index contributed by atoms with van der Waals surface area (Å²) >= 11 is 5.92. The number of rotatable bonds is 3. The molecule has 3 heteroatoms. The van der Waals surface area contributed by atoms with Crippen LogP contribution in [0.3, 0.4) is 0 Å². The summed E-state index contributed by atoms with van der Waals surface area (Å²) in [6.07, 6.45) is 2.30. The zero-order valence-electron chi connectivity index (χ0n) is 10.5. The number of halogens is 1. The maximum atomic E-state index is 5.92. The predicted octanol–water partition coefficient (Wildman–Crippen LogP) is 3.21. The molecule has 1 heterocycles. The summed E-state index contributed by atoms with van der Waals surface area (Å²) in [6, 6.07) is 8.25. The van der Waals surface area contributed by atoms with Gasteiger partial charge in [0.25, 0.3) is 0 Å². The number of ether oxygens (including phenoxy) is 1. The van der Waals surface area contributed by atoms with Gasteiger partial charge < -0.3 is 10.1 Å². The van der Waals surface area contributed by atoms with Gasteiger partial charge in [0.2, 0.25) is 0 Å². The fourth-order valence-electron chi connectivity index (χ4n) is 2.71. The van der Waals surface area contributed by atoms with Crippen molar-refractivity contribution in [1.82, 2.24) is 5.32 Å². The highest BCUT2D eigenvalue weighted by Crippen LogP contribution is 2.33. The van der Waals surface area contributed by atoms with Crippen LogP contribution in [0.2, 0.25) is 5.02 Å². The maximum absolute atomic E-state index is 5.92. The van der Waals surface area contributed by atoms with E-state index in [4.69, 9.17) is 16.3 Å². The van der Waals surface area contributed by atoms with Gasteiger partial charge in [-0.05, 0) is 49.9 Å². The third-order valence-corrected chi connectivity index (χ3v) is 3.80. The zero-order valence-corrected chi connectivity index (χ0v) is 11.3. The van der Waals surface area contributed by atoms with Gasteiger partial charge in [-0.3, -0.25) is 0 Å². The average Bonchev–Trinajstić information content (AvgIpc) is 2.30. The zero-order chi connectivity index (χ0) is 12.3. The number of nitrogens with one attached hydrogen (secondary N) is 1. The van der Waals surface area contributed by atoms with Crippen LogP contribution in [0, 0.1) is 0 Å². The van der Waals surface area contributed by atoms with Gasteiger partial charge in [-0.15, -0.1) is 0 Å². The fourth-order valence-corrected chi connectivity index (χ4v) is 2.84. The third-order valence-electron chi connectivity index (χ3n) is 3.55. The Morgan fingerprint density at radius 2 is 2.12 bits per heavy atom. The van der Waals surface area contributed by atoms with E-state index in [0.717, 1.165) is 24.6 Å². The number of methoxy groups -OCH3 is 1. The van der Waals surface area contributed by atoms with E-state index in [9.17, 15) is 0 Å². The van der Waals surface area contributed by atoms with E-state index in [1.807, 2.05) is 12.1 Å². The molecule has 2 nitrogen and oxygen atoms in total. The van der Waals surface area contributed by atoms with Crippen molar-refractivity contribution in [2.24, 2.45) is 0 Å². The van der Waals surface area contributed by atoms with Crippen molar-refractivity contribution in [2.45, 2.75) is 31.2 Å². The highest BCUT2D eigenvalue weighted by Gasteiger charge is 2.32. The number of benzene rings is 1. The Morgan fingerprint density at radius 1 is 1.41 bits per heavy atom. The Morgan fingerprint density at radius 3 is 2.76 bits per heavy atom. The molecular weight excluding hydrogens is 234 g/mol. The highest BCUT2D eigenvalue weighted by molar-refractivity contribution is 6.30. The Kier molecular flexibility index (Phi) is 4.08. The normalized spacial score (nSPS) is 29.2. The Labute approximate surface area is 108 Å². The van der Waals surface area contributed by atoms with Crippen molar-refractivity contribution in [3.63, 3.8) is 0 Å². The lowest BCUT2D eigenvalue weighted by atomic mass is 9.80. The van der Waals surface area contributed by atoms with Crippen LogP contribution in [0.25, 0.3) is 0 Å². The summed E-state index contributed by atoms with van der Waals surface area (Å²) in [7, 11) is 1.76. The standard InChI is InChI=1S/C14H20ClNO/c1-14(10-17-2)9-12(7-8-16-14)11-3-5-13(15)6-4-11/h3-6,12,16H,7-10H2,1-2H3. The summed E-state index contributed by atoms with van der Waals surface area (Å²) in [5.74, 6) is 0.605. The van der Waals surface area contributed by atoms with E-state index in [1.54, 1.807) is 7.11 Å². The minimum Gasteiger partial charge on any atom is -0.383 e. The van der Waals surface area contributed by atoms with Crippen LogP contribution in [0.4, 0.5) is 0 Å². The second kappa shape index (κ2) is 5.38. The van der Waals surface area contributed by atoms with Crippen molar-refractivity contribution < 1.29 is 4.74 Å². The molecule has 0 aromatic heterocycles. The Bertz CT molecular complexity index is 361. The van der Waals surface area contributed by atoms with Crippen LogP contribution in [0.1, 0.15) is 31.2 Å². The summed E-state index contributed by atoms with van der Waals surface area (Å²) in [5, 5.41) is 4.36. The number of hydrogen-bond donors (Lipinski definition) is 1. The molecule has 1 N–H and O–H groups in total. The molecule has 1 saturated heterocycles. The van der Waals surface area contributed by atoms with E-state index < -0.39 is 0 Å². The molecule has 1 aliphatic heterocycles. The van der Waals surface area contributed by atoms with Gasteiger partial charge in [0.1, 0.15) is 0 Å². The Balaban J connectivity index is 2.09. The minimum atomic E-state index is 0.0945. The summed E-state index contributed by atoms with van der Waals surface area (Å²) in [6.45, 7) is 4.04. The summed E-state index contributed by atoms with van der Waals surface area (Å²) in [4.78, 5) is 0. The van der Waals surface area contributed by atoms with Gasteiger partial charge in [-0.2, -0.15) is 0 Å². The molecule has 1 aromatic carbocycles. The smallest absolute Gasteiger partial charge is 0.0641 e. The molecule has 1 aliphatic rings. The molecule has 17 heavy (non-hydrogen) atoms. The Hall–Kier alpha value is -0.570. The third kappa shape index (κ3) is 3.21. The van der Waals surface area contributed by atoms with Crippen molar-refractivity contribution in [3.05, 3.63) is 34.9 Å². The lowest BCUT2D eigenvalue weighted by Crippen LogP contribution is -2.51. The first kappa shape index (κ1) is 12.9. The van der Waals surface area contributed by atoms with Gasteiger partial charge >= 0.3 is 0 Å². The second-order valence-corrected chi connectivity index (χ2v) is 5.60. The quantitative estimate of drug-likeness (QED) is 0.893. The lowest BCUT2D eigenvalue weighted by Gasteiger charge is -2.39. The van der Waals surface area contributed by atoms with E-state index in [1.165, 1.54) is 12.0 Å². The molecule has 2 rings (SSSR count). The first-order valence-electron chi connectivity index (χ1n) is 6.12. The van der Waals surface area contributed by atoms with E-state index in [0.29, 0.717) is 5.92 Å². The van der Waals surface area contributed by atoms with E-state index in [2.05, 4.69) is 24.4 Å². The average molecular weight is 254 g/mol. The number of piperidine rings is 1. The molecule has 0 saturated carbocycles. The molecule has 0 spiro atoms. The summed E-state index contributed by atoms with van der Waals surface area (Å²) < 4.78 is 5.30. The van der Waals surface area contributed by atoms with Crippen LogP contribution in [-0.4, -0.2) is 25.8 Å². The molecular formula is C14H20ClNO. The molecule has 0 bridgehead atoms. The second-order valence-electron chi connectivity index (χ2n) is 5.16. The largest absolute Gasteiger partial charge is 0.383 e. The van der Waals surface area contributed by atoms with Gasteiger partial charge in [0.05, 0.1) is 6.61 Å². The van der Waals surface area contributed by atoms with Gasteiger partial charge in [0, 0.05) is 17.7 Å². The van der Waals surface area contributed by atoms with Crippen LogP contribution in [0.5, 0.6) is 0 Å². The van der Waals surface area contributed by atoms with Gasteiger partial charge in [-0.25, -0.2) is 0 Å². The van der Waals surface area contributed by atoms with Crippen molar-refractivity contribution >= 4 is 11.6 Å². The molecule has 94 valence electrons. The van der Waals surface area contributed by atoms with E-state index in [-0.39, 0.29) is 5.54 Å². The topological polar surface area (TPSA) is 21.3 Å². The lowest BCUT2D eigenvalue weighted by molar-refractivity contribution is 0.0946. The van der Waals surface area contributed by atoms with Crippen LogP contribution >= 0.6 is 11.6 Å². The number of hydrogen-bond acceptors (Lipinski definition) is 2. The summed E-state index contributed by atoms with van der Waals surface area (Å²) in [5.41, 5.74) is 1.48. The van der Waals surface area contributed by atoms with Crippen molar-refractivity contribution in [3.8, 4) is 0 Å². The minimum absolute atomic E-state index is 0.0945. The first-order valence-corrected chi connectivity index (χ1v) is 6.50. The fraction of sp³-hybridized carbons (Fsp3) is 0.571. The van der Waals surface area contributed by atoms with Crippen molar-refractivity contribution in [2.75, 3.05) is 20.3 Å². The van der Waals surface area contributed by atoms with Gasteiger partial charge in [0.15, 0.2) is 0 Å². The monoisotopic (exact) mass is 253 g/mol. The van der Waals surface area contributed by atoms with E-state index >= 15 is 0 Å². The van der Waals surface area contributed by atoms with Crippen LogP contribution < -0.4 is 5.32 Å². The molecule has 0 aliphatic carbocycles. The van der Waals surface area contributed by atoms with Crippen LogP contribution in [-0.2, 0) is 4.74 Å². The molecule has 1 fully saturated rings. The molecule has 0 amide bonds. The SMILES string of the molecule is COCC1(C)CC(c2ccc(Cl)cc2)CCN1. The predicted molar refractivity (Wildman–Crippen MR) is 71.7 cm³/mol. The molecule has 0 radical (unpaired) electrons. The maximum Gasteiger partial charge on any atom is 0.0641 e. The first-order chi connectivity index (χ1) is 8.13. The van der Waals surface area contributed by atoms with Crippen LogP contribution in [0.15, 0.2) is 24.3 Å². The van der Waals surface area contributed by atoms with Gasteiger partial charge in [-0.1, -0.05) is 23.7 Å². The highest BCUT2D eigenvalue weighted by atomic mass is 35.5. The molecule has 2 atom stereocenters. The molecule has 1 aromatic rings.